The summed E-state index contributed by atoms with van der Waals surface area (Å²) in [6.07, 6.45) is 0.147. The van der Waals surface area contributed by atoms with Crippen LogP contribution in [0.5, 0.6) is 5.75 Å². The molecule has 1 N–H and O–H groups in total. The lowest BCUT2D eigenvalue weighted by Crippen LogP contribution is -2.46. The van der Waals surface area contributed by atoms with Crippen molar-refractivity contribution in [3.05, 3.63) is 65.7 Å². The molecule has 33 heavy (non-hydrogen) atoms. The highest BCUT2D eigenvalue weighted by Gasteiger charge is 2.39. The molecule has 0 unspecified atom stereocenters. The standard InChI is InChI=1S/C24H33NO7Si/c1-4-29-33(30-5-2,31-6-3)18-10-17-25-24(27)28-19-20-13-15-22(16-14-20)32-23(26)21-11-8-7-9-12-21/h7-9,11-16H,4-6,10,17-19H2,1-3H3,(H,25,27). The van der Waals surface area contributed by atoms with E-state index in [4.69, 9.17) is 22.8 Å². The van der Waals surface area contributed by atoms with Gasteiger partial charge in [-0.25, -0.2) is 9.59 Å². The first-order valence-corrected chi connectivity index (χ1v) is 13.1. The van der Waals surface area contributed by atoms with E-state index in [1.54, 1.807) is 48.5 Å². The Morgan fingerprint density at radius 2 is 1.45 bits per heavy atom. The molecule has 0 aliphatic rings. The number of esters is 1. The molecule has 0 spiro atoms. The summed E-state index contributed by atoms with van der Waals surface area (Å²) in [7, 11) is -2.71. The van der Waals surface area contributed by atoms with Gasteiger partial charge in [-0.05, 0) is 57.0 Å². The minimum Gasteiger partial charge on any atom is -0.445 e. The van der Waals surface area contributed by atoms with Crippen LogP contribution in [-0.2, 0) is 24.6 Å². The van der Waals surface area contributed by atoms with E-state index in [1.807, 2.05) is 26.8 Å². The number of carbonyl (C=O) groups is 2. The Kier molecular flexibility index (Phi) is 11.6. The summed E-state index contributed by atoms with van der Waals surface area (Å²) in [5, 5.41) is 2.73. The van der Waals surface area contributed by atoms with Crippen LogP contribution in [0.15, 0.2) is 54.6 Å². The topological polar surface area (TPSA) is 92.3 Å². The Morgan fingerprint density at radius 1 is 0.848 bits per heavy atom. The van der Waals surface area contributed by atoms with Crippen molar-refractivity contribution >= 4 is 20.9 Å². The van der Waals surface area contributed by atoms with E-state index < -0.39 is 20.9 Å². The van der Waals surface area contributed by atoms with E-state index >= 15 is 0 Å². The van der Waals surface area contributed by atoms with Crippen molar-refractivity contribution in [1.29, 1.82) is 0 Å². The minimum absolute atomic E-state index is 0.105. The van der Waals surface area contributed by atoms with Gasteiger partial charge in [0.25, 0.3) is 0 Å². The average Bonchev–Trinajstić information content (AvgIpc) is 2.82. The molecule has 0 aromatic heterocycles. The first-order chi connectivity index (χ1) is 16.0. The molecule has 2 rings (SSSR count). The number of carbonyl (C=O) groups excluding carboxylic acids is 2. The van der Waals surface area contributed by atoms with E-state index in [9.17, 15) is 9.59 Å². The predicted octanol–water partition coefficient (Wildman–Crippen LogP) is 4.57. The van der Waals surface area contributed by atoms with Gasteiger partial charge in [0.15, 0.2) is 0 Å². The van der Waals surface area contributed by atoms with Crippen molar-refractivity contribution in [2.24, 2.45) is 0 Å². The van der Waals surface area contributed by atoms with Crippen molar-refractivity contribution in [2.45, 2.75) is 39.8 Å². The van der Waals surface area contributed by atoms with Crippen LogP contribution in [0, 0.1) is 0 Å². The molecule has 0 aliphatic heterocycles. The van der Waals surface area contributed by atoms with E-state index in [2.05, 4.69) is 5.32 Å². The highest BCUT2D eigenvalue weighted by molar-refractivity contribution is 6.60. The second-order valence-electron chi connectivity index (χ2n) is 6.99. The molecule has 0 radical (unpaired) electrons. The first kappa shape index (κ1) is 26.5. The smallest absolute Gasteiger partial charge is 0.445 e. The maximum atomic E-state index is 12.1. The zero-order chi connectivity index (χ0) is 23.9. The number of hydrogen-bond acceptors (Lipinski definition) is 7. The lowest BCUT2D eigenvalue weighted by molar-refractivity contribution is 0.0704. The second kappa shape index (κ2) is 14.4. The summed E-state index contributed by atoms with van der Waals surface area (Å²) in [6, 6.07) is 16.2. The molecule has 0 saturated carbocycles. The summed E-state index contributed by atoms with van der Waals surface area (Å²) in [6.45, 7) is 7.83. The van der Waals surface area contributed by atoms with Gasteiger partial charge in [-0.2, -0.15) is 0 Å². The number of rotatable bonds is 14. The van der Waals surface area contributed by atoms with Crippen molar-refractivity contribution in [3.63, 3.8) is 0 Å². The van der Waals surface area contributed by atoms with E-state index in [0.29, 0.717) is 50.1 Å². The quantitative estimate of drug-likeness (QED) is 0.185. The Labute approximate surface area is 196 Å². The highest BCUT2D eigenvalue weighted by Crippen LogP contribution is 2.18. The van der Waals surface area contributed by atoms with E-state index in [0.717, 1.165) is 5.56 Å². The lowest BCUT2D eigenvalue weighted by Gasteiger charge is -2.28. The average molecular weight is 476 g/mol. The summed E-state index contributed by atoms with van der Waals surface area (Å²) in [4.78, 5) is 24.1. The molecule has 0 fully saturated rings. The molecule has 0 aliphatic carbocycles. The third kappa shape index (κ3) is 9.35. The molecular weight excluding hydrogens is 442 g/mol. The number of nitrogens with one attached hydrogen (secondary N) is 1. The second-order valence-corrected chi connectivity index (χ2v) is 9.72. The molecule has 0 saturated heterocycles. The van der Waals surface area contributed by atoms with Gasteiger partial charge >= 0.3 is 20.9 Å². The van der Waals surface area contributed by atoms with Gasteiger partial charge in [0.2, 0.25) is 0 Å². The van der Waals surface area contributed by atoms with Gasteiger partial charge < -0.3 is 28.1 Å². The molecule has 180 valence electrons. The lowest BCUT2D eigenvalue weighted by atomic mass is 10.2. The summed E-state index contributed by atoms with van der Waals surface area (Å²) in [5.41, 5.74) is 1.25. The van der Waals surface area contributed by atoms with Gasteiger partial charge in [-0.3, -0.25) is 0 Å². The number of alkyl carbamates (subject to hydrolysis) is 1. The normalized spacial score (nSPS) is 11.1. The van der Waals surface area contributed by atoms with Gasteiger partial charge in [-0.15, -0.1) is 0 Å². The fourth-order valence-electron chi connectivity index (χ4n) is 3.09. The van der Waals surface area contributed by atoms with Crippen molar-refractivity contribution in [2.75, 3.05) is 26.4 Å². The molecule has 0 heterocycles. The van der Waals surface area contributed by atoms with Crippen molar-refractivity contribution in [1.82, 2.24) is 5.32 Å². The number of ether oxygens (including phenoxy) is 2. The number of amides is 1. The minimum atomic E-state index is -2.71. The first-order valence-electron chi connectivity index (χ1n) is 11.2. The van der Waals surface area contributed by atoms with Gasteiger partial charge in [0.05, 0.1) is 5.56 Å². The van der Waals surface area contributed by atoms with Gasteiger partial charge in [0.1, 0.15) is 12.4 Å². The molecule has 2 aromatic rings. The monoisotopic (exact) mass is 475 g/mol. The number of hydrogen-bond donors (Lipinski definition) is 1. The Bertz CT molecular complexity index is 829. The molecule has 2 aromatic carbocycles. The van der Waals surface area contributed by atoms with E-state index in [1.165, 1.54) is 0 Å². The predicted molar refractivity (Wildman–Crippen MR) is 126 cm³/mol. The van der Waals surface area contributed by atoms with Crippen LogP contribution in [0.4, 0.5) is 4.79 Å². The summed E-state index contributed by atoms with van der Waals surface area (Å²) in [5.74, 6) is -0.00772. The fourth-order valence-corrected chi connectivity index (χ4v) is 5.70. The molecule has 0 bridgehead atoms. The van der Waals surface area contributed by atoms with Crippen LogP contribution in [0.3, 0.4) is 0 Å². The molecule has 1 amide bonds. The molecule has 8 nitrogen and oxygen atoms in total. The third-order valence-electron chi connectivity index (χ3n) is 4.54. The molecular formula is C24H33NO7Si. The van der Waals surface area contributed by atoms with Crippen LogP contribution in [0.25, 0.3) is 0 Å². The fraction of sp³-hybridized carbons (Fsp3) is 0.417. The van der Waals surface area contributed by atoms with Crippen molar-refractivity contribution < 1.29 is 32.3 Å². The third-order valence-corrected chi connectivity index (χ3v) is 7.69. The van der Waals surface area contributed by atoms with Crippen LogP contribution >= 0.6 is 0 Å². The zero-order valence-corrected chi connectivity index (χ0v) is 20.5. The number of benzene rings is 2. The van der Waals surface area contributed by atoms with Crippen LogP contribution in [-0.4, -0.2) is 47.2 Å². The van der Waals surface area contributed by atoms with Crippen LogP contribution < -0.4 is 10.1 Å². The Morgan fingerprint density at radius 3 is 2.03 bits per heavy atom. The van der Waals surface area contributed by atoms with Gasteiger partial charge in [0, 0.05) is 32.4 Å². The Balaban J connectivity index is 1.72. The summed E-state index contributed by atoms with van der Waals surface area (Å²) < 4.78 is 28.0. The van der Waals surface area contributed by atoms with Gasteiger partial charge in [-0.1, -0.05) is 30.3 Å². The SMILES string of the molecule is CCO[Si](CCCNC(=O)OCc1ccc(OC(=O)c2ccccc2)cc1)(OCC)OCC. The summed E-state index contributed by atoms with van der Waals surface area (Å²) >= 11 is 0. The maximum absolute atomic E-state index is 12.1. The Hall–Kier alpha value is -2.72. The molecule has 9 heteroatoms. The van der Waals surface area contributed by atoms with Crippen LogP contribution in [0.2, 0.25) is 6.04 Å². The van der Waals surface area contributed by atoms with Crippen LogP contribution in [0.1, 0.15) is 43.1 Å². The highest BCUT2D eigenvalue weighted by atomic mass is 28.4. The largest absolute Gasteiger partial charge is 0.500 e. The van der Waals surface area contributed by atoms with Crippen molar-refractivity contribution in [3.8, 4) is 5.75 Å². The zero-order valence-electron chi connectivity index (χ0n) is 19.5. The van der Waals surface area contributed by atoms with E-state index in [-0.39, 0.29) is 6.61 Å². The maximum Gasteiger partial charge on any atom is 0.500 e. The molecule has 0 atom stereocenters.